The molecule has 128 valence electrons. The Kier molecular flexibility index (Phi) is 10.5. The molecule has 0 radical (unpaired) electrons. The molecule has 0 saturated heterocycles. The van der Waals surface area contributed by atoms with Crippen molar-refractivity contribution in [2.45, 2.75) is 48.9 Å². The Hall–Kier alpha value is 0.440. The maximum absolute atomic E-state index is 11.4. The zero-order valence-corrected chi connectivity index (χ0v) is 15.7. The summed E-state index contributed by atoms with van der Waals surface area (Å²) in [6, 6.07) is 0. The van der Waals surface area contributed by atoms with Crippen molar-refractivity contribution in [3.8, 4) is 0 Å². The maximum Gasteiger partial charge on any atom is 0.166 e. The van der Waals surface area contributed by atoms with Crippen molar-refractivity contribution in [3.05, 3.63) is 0 Å². The quantitative estimate of drug-likeness (QED) is 0.413. The molecule has 0 aromatic heterocycles. The van der Waals surface area contributed by atoms with E-state index in [-0.39, 0.29) is 11.5 Å². The second kappa shape index (κ2) is 10.3. The normalized spacial score (nSPS) is 15.8. The van der Waals surface area contributed by atoms with E-state index in [1.54, 1.807) is 0 Å². The van der Waals surface area contributed by atoms with E-state index in [4.69, 9.17) is 23.2 Å². The Morgan fingerprint density at radius 1 is 0.762 bits per heavy atom. The molecule has 0 aromatic carbocycles. The number of hydrogen-bond acceptors (Lipinski definition) is 5. The molecule has 0 aliphatic heterocycles. The van der Waals surface area contributed by atoms with Crippen molar-refractivity contribution in [1.82, 2.24) is 5.32 Å². The third-order valence-corrected chi connectivity index (χ3v) is 8.38. The predicted octanol–water partition coefficient (Wildman–Crippen LogP) is 2.14. The van der Waals surface area contributed by atoms with Crippen molar-refractivity contribution in [2.24, 2.45) is 0 Å². The minimum absolute atomic E-state index is 0.102. The van der Waals surface area contributed by atoms with E-state index in [0.29, 0.717) is 25.9 Å². The molecule has 1 N–H and O–H groups in total. The second-order valence-electron chi connectivity index (χ2n) is 4.98. The van der Waals surface area contributed by atoms with Gasteiger partial charge in [-0.25, -0.2) is 16.8 Å². The van der Waals surface area contributed by atoms with Gasteiger partial charge in [-0.1, -0.05) is 0 Å². The lowest BCUT2D eigenvalue weighted by molar-refractivity contribution is 0.577. The van der Waals surface area contributed by atoms with Crippen LogP contribution < -0.4 is 5.32 Å². The highest BCUT2D eigenvalue weighted by atomic mass is 35.5. The van der Waals surface area contributed by atoms with Crippen LogP contribution in [0.25, 0.3) is 0 Å². The summed E-state index contributed by atoms with van der Waals surface area (Å²) in [5.41, 5.74) is 0. The summed E-state index contributed by atoms with van der Waals surface area (Å²) in [7, 11) is -6.33. The zero-order chi connectivity index (χ0) is 16.5. The van der Waals surface area contributed by atoms with Crippen molar-refractivity contribution >= 4 is 42.9 Å². The molecule has 0 fully saturated rings. The van der Waals surface area contributed by atoms with Crippen LogP contribution in [0.4, 0.5) is 0 Å². The lowest BCUT2D eigenvalue weighted by atomic mass is 10.3. The zero-order valence-electron chi connectivity index (χ0n) is 12.5. The molecule has 0 heterocycles. The molecule has 9 heteroatoms. The molecule has 0 aliphatic carbocycles. The minimum Gasteiger partial charge on any atom is -0.317 e. The molecule has 5 nitrogen and oxygen atoms in total. The fraction of sp³-hybridized carbons (Fsp3) is 1.00. The molecule has 0 bridgehead atoms. The molecule has 0 rings (SSSR count). The first-order valence-electron chi connectivity index (χ1n) is 7.01. The van der Waals surface area contributed by atoms with Gasteiger partial charge in [0.05, 0.1) is 11.5 Å². The highest BCUT2D eigenvalue weighted by Crippen LogP contribution is 2.09. The van der Waals surface area contributed by atoms with E-state index >= 15 is 0 Å². The largest absolute Gasteiger partial charge is 0.317 e. The molecule has 0 spiro atoms. The van der Waals surface area contributed by atoms with Crippen LogP contribution in [0, 0.1) is 0 Å². The fourth-order valence-corrected chi connectivity index (χ4v) is 3.95. The maximum atomic E-state index is 11.4. The molecule has 2 unspecified atom stereocenters. The second-order valence-corrected chi connectivity index (χ2v) is 11.7. The molecule has 0 aromatic rings. The summed E-state index contributed by atoms with van der Waals surface area (Å²) in [6.45, 7) is 4.35. The Bertz CT molecular complexity index is 431. The average Bonchev–Trinajstić information content (AvgIpc) is 2.36. The van der Waals surface area contributed by atoms with Crippen molar-refractivity contribution in [1.29, 1.82) is 0 Å². The topological polar surface area (TPSA) is 80.3 Å². The third-order valence-electron chi connectivity index (χ3n) is 3.05. The highest BCUT2D eigenvalue weighted by molar-refractivity contribution is 7.93. The fourth-order valence-electron chi connectivity index (χ4n) is 1.56. The van der Waals surface area contributed by atoms with Crippen molar-refractivity contribution < 1.29 is 16.8 Å². The molecule has 0 amide bonds. The summed E-state index contributed by atoms with van der Waals surface area (Å²) in [5.74, 6) is 0.205. The highest BCUT2D eigenvalue weighted by Gasteiger charge is 2.17. The van der Waals surface area contributed by atoms with Crippen LogP contribution in [0.2, 0.25) is 0 Å². The van der Waals surface area contributed by atoms with Crippen LogP contribution >= 0.6 is 23.2 Å². The number of rotatable bonds is 12. The van der Waals surface area contributed by atoms with Gasteiger partial charge >= 0.3 is 0 Å². The van der Waals surface area contributed by atoms with Gasteiger partial charge in [-0.15, -0.1) is 23.2 Å². The average molecular weight is 382 g/mol. The van der Waals surface area contributed by atoms with Crippen LogP contribution in [0.3, 0.4) is 0 Å². The number of unbranched alkanes of at least 4 members (excludes halogenated alkanes) is 2. The van der Waals surface area contributed by atoms with Gasteiger partial charge < -0.3 is 5.32 Å². The van der Waals surface area contributed by atoms with Crippen molar-refractivity contribution in [3.63, 3.8) is 0 Å². The summed E-state index contributed by atoms with van der Waals surface area (Å²) >= 11 is 11.1. The van der Waals surface area contributed by atoms with Gasteiger partial charge in [0.1, 0.15) is 9.42 Å². The van der Waals surface area contributed by atoms with Crippen LogP contribution in [-0.2, 0) is 19.7 Å². The van der Waals surface area contributed by atoms with Crippen LogP contribution in [-0.4, -0.2) is 50.8 Å². The van der Waals surface area contributed by atoms with Gasteiger partial charge in [-0.05, 0) is 52.6 Å². The molecular formula is C12H25Cl2NO4S2. The number of hydrogen-bond donors (Lipinski definition) is 1. The van der Waals surface area contributed by atoms with Gasteiger partial charge in [-0.3, -0.25) is 0 Å². The first-order chi connectivity index (χ1) is 9.59. The smallest absolute Gasteiger partial charge is 0.166 e. The minimum atomic E-state index is -3.17. The van der Waals surface area contributed by atoms with E-state index in [1.165, 1.54) is 13.8 Å². The third kappa shape index (κ3) is 9.94. The number of halogens is 2. The lowest BCUT2D eigenvalue weighted by Crippen LogP contribution is -2.21. The Labute approximate surface area is 138 Å². The van der Waals surface area contributed by atoms with E-state index < -0.39 is 29.1 Å². The van der Waals surface area contributed by atoms with E-state index in [1.807, 2.05) is 0 Å². The molecular weight excluding hydrogens is 357 g/mol. The standard InChI is InChI=1S/C12H25Cl2NO4S2/c1-11(13)20(16,17)9-5-3-7-15-8-4-6-10-21(18,19)12(2)14/h11-12,15H,3-10H2,1-2H3. The molecule has 0 aliphatic rings. The van der Waals surface area contributed by atoms with E-state index in [0.717, 1.165) is 12.8 Å². The van der Waals surface area contributed by atoms with Gasteiger partial charge in [0.2, 0.25) is 0 Å². The Morgan fingerprint density at radius 2 is 1.10 bits per heavy atom. The summed E-state index contributed by atoms with van der Waals surface area (Å²) in [5, 5.41) is 3.16. The van der Waals surface area contributed by atoms with Crippen molar-refractivity contribution in [2.75, 3.05) is 24.6 Å². The first-order valence-corrected chi connectivity index (χ1v) is 11.3. The van der Waals surface area contributed by atoms with Gasteiger partial charge in [0.15, 0.2) is 19.7 Å². The van der Waals surface area contributed by atoms with Crippen LogP contribution in [0.15, 0.2) is 0 Å². The van der Waals surface area contributed by atoms with E-state index in [2.05, 4.69) is 5.32 Å². The number of nitrogens with one attached hydrogen (secondary N) is 1. The number of alkyl halides is 2. The molecule has 21 heavy (non-hydrogen) atoms. The van der Waals surface area contributed by atoms with Gasteiger partial charge in [0.25, 0.3) is 0 Å². The number of sulfone groups is 2. The van der Waals surface area contributed by atoms with Crippen LogP contribution in [0.5, 0.6) is 0 Å². The van der Waals surface area contributed by atoms with Gasteiger partial charge in [0, 0.05) is 0 Å². The van der Waals surface area contributed by atoms with Gasteiger partial charge in [-0.2, -0.15) is 0 Å². The van der Waals surface area contributed by atoms with E-state index in [9.17, 15) is 16.8 Å². The first kappa shape index (κ1) is 21.4. The lowest BCUT2D eigenvalue weighted by Gasteiger charge is -2.08. The van der Waals surface area contributed by atoms with Crippen LogP contribution in [0.1, 0.15) is 39.5 Å². The Morgan fingerprint density at radius 3 is 1.38 bits per heavy atom. The summed E-state index contributed by atoms with van der Waals surface area (Å²) < 4.78 is 44.1. The summed E-state index contributed by atoms with van der Waals surface area (Å²) in [6.07, 6.45) is 2.65. The SMILES string of the molecule is CC(Cl)S(=O)(=O)CCCCNCCCCS(=O)(=O)C(C)Cl. The summed E-state index contributed by atoms with van der Waals surface area (Å²) in [4.78, 5) is 0. The molecule has 2 atom stereocenters. The monoisotopic (exact) mass is 381 g/mol. The Balaban J connectivity index is 3.55. The predicted molar refractivity (Wildman–Crippen MR) is 89.5 cm³/mol. The molecule has 0 saturated carbocycles.